The van der Waals surface area contributed by atoms with Gasteiger partial charge in [0.05, 0.1) is 11.3 Å². The van der Waals surface area contributed by atoms with Gasteiger partial charge >= 0.3 is 0 Å². The summed E-state index contributed by atoms with van der Waals surface area (Å²) in [4.78, 5) is 24.2. The Morgan fingerprint density at radius 1 is 1.35 bits per heavy atom. The number of nitrogens with zero attached hydrogens (tertiary/aromatic N) is 2. The Balaban J connectivity index is 0.00000200. The van der Waals surface area contributed by atoms with Crippen LogP contribution >= 0.6 is 12.4 Å². The van der Waals surface area contributed by atoms with Gasteiger partial charge in [0.1, 0.15) is 0 Å². The van der Waals surface area contributed by atoms with Gasteiger partial charge in [0.2, 0.25) is 5.91 Å². The fourth-order valence-corrected chi connectivity index (χ4v) is 2.16. The smallest absolute Gasteiger partial charge is 0.269 e. The van der Waals surface area contributed by atoms with Crippen LogP contribution in [0.25, 0.3) is 0 Å². The Hall–Kier alpha value is -1.66. The van der Waals surface area contributed by atoms with E-state index in [1.54, 1.807) is 12.1 Å². The maximum absolute atomic E-state index is 12.1. The van der Waals surface area contributed by atoms with Crippen molar-refractivity contribution < 1.29 is 9.72 Å². The summed E-state index contributed by atoms with van der Waals surface area (Å²) in [5, 5.41) is 13.9. The average molecular weight is 300 g/mol. The van der Waals surface area contributed by atoms with Gasteiger partial charge in [-0.15, -0.1) is 12.4 Å². The highest BCUT2D eigenvalue weighted by Crippen LogP contribution is 2.14. The molecule has 6 nitrogen and oxygen atoms in total. The number of benzene rings is 1. The fraction of sp³-hybridized carbons (Fsp3) is 0.462. The number of carbonyl (C=O) groups excluding carboxylic acids is 1. The van der Waals surface area contributed by atoms with Crippen LogP contribution in [0.15, 0.2) is 24.3 Å². The number of nitro groups is 1. The molecular weight excluding hydrogens is 282 g/mol. The molecular formula is C13H18ClN3O3. The Morgan fingerprint density at radius 3 is 2.90 bits per heavy atom. The monoisotopic (exact) mass is 299 g/mol. The maximum Gasteiger partial charge on any atom is 0.269 e. The van der Waals surface area contributed by atoms with Crippen LogP contribution in [0.5, 0.6) is 0 Å². The highest BCUT2D eigenvalue weighted by molar-refractivity contribution is 5.85. The summed E-state index contributed by atoms with van der Waals surface area (Å²) in [6, 6.07) is 6.27. The Bertz CT molecular complexity index is 474. The van der Waals surface area contributed by atoms with Gasteiger partial charge in [0, 0.05) is 31.8 Å². The summed E-state index contributed by atoms with van der Waals surface area (Å²) < 4.78 is 0. The van der Waals surface area contributed by atoms with E-state index in [1.165, 1.54) is 12.1 Å². The second-order valence-corrected chi connectivity index (χ2v) is 4.59. The van der Waals surface area contributed by atoms with Gasteiger partial charge in [0.15, 0.2) is 0 Å². The van der Waals surface area contributed by atoms with Gasteiger partial charge in [0.25, 0.3) is 5.69 Å². The van der Waals surface area contributed by atoms with Crippen molar-refractivity contribution in [1.29, 1.82) is 0 Å². The molecule has 0 saturated carbocycles. The molecule has 0 atom stereocenters. The van der Waals surface area contributed by atoms with Crippen molar-refractivity contribution in [3.63, 3.8) is 0 Å². The van der Waals surface area contributed by atoms with Crippen LogP contribution in [0.2, 0.25) is 0 Å². The minimum atomic E-state index is -0.441. The lowest BCUT2D eigenvalue weighted by atomic mass is 10.1. The molecule has 1 aromatic carbocycles. The normalized spacial score (nSPS) is 15.1. The number of non-ortho nitro benzene ring substituents is 1. The zero-order valence-electron chi connectivity index (χ0n) is 11.1. The Morgan fingerprint density at radius 2 is 2.15 bits per heavy atom. The third-order valence-corrected chi connectivity index (χ3v) is 3.17. The second kappa shape index (κ2) is 7.81. The number of hydrogen-bond donors (Lipinski definition) is 1. The van der Waals surface area contributed by atoms with Crippen LogP contribution in [0, 0.1) is 10.1 Å². The molecule has 0 aliphatic carbocycles. The van der Waals surface area contributed by atoms with E-state index in [1.807, 2.05) is 4.90 Å². The van der Waals surface area contributed by atoms with E-state index < -0.39 is 4.92 Å². The van der Waals surface area contributed by atoms with Gasteiger partial charge in [-0.2, -0.15) is 0 Å². The molecule has 1 heterocycles. The van der Waals surface area contributed by atoms with Gasteiger partial charge in [-0.3, -0.25) is 14.9 Å². The summed E-state index contributed by atoms with van der Waals surface area (Å²) in [7, 11) is 0. The number of halogens is 1. The van der Waals surface area contributed by atoms with Crippen molar-refractivity contribution in [2.24, 2.45) is 0 Å². The standard InChI is InChI=1S/C13H17N3O3.ClH/c17-13(15-7-2-5-14-6-8-15)10-11-3-1-4-12(9-11)16(18)19;/h1,3-4,9,14H,2,5-8,10H2;1H. The van der Waals surface area contributed by atoms with E-state index in [0.29, 0.717) is 12.1 Å². The number of carbonyl (C=O) groups is 1. The van der Waals surface area contributed by atoms with E-state index in [-0.39, 0.29) is 30.4 Å². The summed E-state index contributed by atoms with van der Waals surface area (Å²) in [6.07, 6.45) is 1.17. The van der Waals surface area contributed by atoms with Gasteiger partial charge in [-0.05, 0) is 18.5 Å². The van der Waals surface area contributed by atoms with Crippen LogP contribution in [0.4, 0.5) is 5.69 Å². The maximum atomic E-state index is 12.1. The highest BCUT2D eigenvalue weighted by atomic mass is 35.5. The molecule has 20 heavy (non-hydrogen) atoms. The molecule has 0 bridgehead atoms. The number of nitro benzene ring substituents is 1. The molecule has 0 radical (unpaired) electrons. The zero-order chi connectivity index (χ0) is 13.7. The quantitative estimate of drug-likeness (QED) is 0.676. The minimum Gasteiger partial charge on any atom is -0.341 e. The Labute approximate surface area is 123 Å². The largest absolute Gasteiger partial charge is 0.341 e. The minimum absolute atomic E-state index is 0. The lowest BCUT2D eigenvalue weighted by molar-refractivity contribution is -0.384. The Kier molecular flexibility index (Phi) is 6.41. The molecule has 0 aromatic heterocycles. The SMILES string of the molecule is Cl.O=C(Cc1cccc([N+](=O)[O-])c1)N1CCCNCC1. The first kappa shape index (κ1) is 16.4. The van der Waals surface area contributed by atoms with Crippen LogP contribution in [-0.2, 0) is 11.2 Å². The zero-order valence-corrected chi connectivity index (χ0v) is 11.9. The van der Waals surface area contributed by atoms with E-state index >= 15 is 0 Å². The lowest BCUT2D eigenvalue weighted by Gasteiger charge is -2.19. The molecule has 1 aliphatic heterocycles. The number of hydrogen-bond acceptors (Lipinski definition) is 4. The molecule has 7 heteroatoms. The third kappa shape index (κ3) is 4.47. The lowest BCUT2D eigenvalue weighted by Crippen LogP contribution is -2.35. The molecule has 1 aromatic rings. The molecule has 0 spiro atoms. The predicted octanol–water partition coefficient (Wildman–Crippen LogP) is 1.38. The molecule has 110 valence electrons. The van der Waals surface area contributed by atoms with Crippen molar-refractivity contribution in [3.8, 4) is 0 Å². The first-order valence-corrected chi connectivity index (χ1v) is 6.38. The van der Waals surface area contributed by atoms with E-state index in [9.17, 15) is 14.9 Å². The molecule has 1 aliphatic rings. The highest BCUT2D eigenvalue weighted by Gasteiger charge is 2.16. The van der Waals surface area contributed by atoms with Crippen molar-refractivity contribution in [3.05, 3.63) is 39.9 Å². The molecule has 1 amide bonds. The van der Waals surface area contributed by atoms with E-state index in [0.717, 1.165) is 26.1 Å². The number of nitrogens with one attached hydrogen (secondary N) is 1. The predicted molar refractivity (Wildman–Crippen MR) is 78.1 cm³/mol. The van der Waals surface area contributed by atoms with Crippen molar-refractivity contribution in [2.45, 2.75) is 12.8 Å². The summed E-state index contributed by atoms with van der Waals surface area (Å²) in [5.74, 6) is 0.0317. The van der Waals surface area contributed by atoms with Crippen LogP contribution in [0.3, 0.4) is 0 Å². The van der Waals surface area contributed by atoms with Gasteiger partial charge in [-0.1, -0.05) is 12.1 Å². The van der Waals surface area contributed by atoms with Crippen molar-refractivity contribution >= 4 is 24.0 Å². The molecule has 0 unspecified atom stereocenters. The molecule has 1 N–H and O–H groups in total. The first-order chi connectivity index (χ1) is 9.16. The van der Waals surface area contributed by atoms with Crippen molar-refractivity contribution in [2.75, 3.05) is 26.2 Å². The van der Waals surface area contributed by atoms with E-state index in [4.69, 9.17) is 0 Å². The average Bonchev–Trinajstić information content (AvgIpc) is 2.68. The number of amides is 1. The molecule has 2 rings (SSSR count). The summed E-state index contributed by atoms with van der Waals surface area (Å²) in [6.45, 7) is 3.19. The van der Waals surface area contributed by atoms with E-state index in [2.05, 4.69) is 5.32 Å². The van der Waals surface area contributed by atoms with Crippen LogP contribution < -0.4 is 5.32 Å². The van der Waals surface area contributed by atoms with Gasteiger partial charge < -0.3 is 10.2 Å². The van der Waals surface area contributed by atoms with Crippen LogP contribution in [0.1, 0.15) is 12.0 Å². The summed E-state index contributed by atoms with van der Waals surface area (Å²) >= 11 is 0. The fourth-order valence-electron chi connectivity index (χ4n) is 2.16. The topological polar surface area (TPSA) is 75.5 Å². The molecule has 1 fully saturated rings. The van der Waals surface area contributed by atoms with Crippen LogP contribution in [-0.4, -0.2) is 41.9 Å². The van der Waals surface area contributed by atoms with Gasteiger partial charge in [-0.25, -0.2) is 0 Å². The second-order valence-electron chi connectivity index (χ2n) is 4.59. The molecule has 1 saturated heterocycles. The van der Waals surface area contributed by atoms with Crippen molar-refractivity contribution in [1.82, 2.24) is 10.2 Å². The summed E-state index contributed by atoms with van der Waals surface area (Å²) in [5.41, 5.74) is 0.722. The third-order valence-electron chi connectivity index (χ3n) is 3.17. The first-order valence-electron chi connectivity index (χ1n) is 6.38. The number of rotatable bonds is 3.